The topological polar surface area (TPSA) is 32.3 Å². The zero-order valence-electron chi connectivity index (χ0n) is 11.4. The van der Waals surface area contributed by atoms with Gasteiger partial charge in [-0.05, 0) is 30.4 Å². The van der Waals surface area contributed by atoms with Crippen LogP contribution in [0.25, 0.3) is 0 Å². The van der Waals surface area contributed by atoms with Gasteiger partial charge in [0.2, 0.25) is 0 Å². The average molecular weight is 247 g/mol. The van der Waals surface area contributed by atoms with Crippen molar-refractivity contribution in [3.63, 3.8) is 0 Å². The van der Waals surface area contributed by atoms with Crippen molar-refractivity contribution in [2.24, 2.45) is 0 Å². The van der Waals surface area contributed by atoms with E-state index in [4.69, 9.17) is 0 Å². The van der Waals surface area contributed by atoms with Gasteiger partial charge in [0, 0.05) is 12.1 Å². The van der Waals surface area contributed by atoms with Gasteiger partial charge in [-0.1, -0.05) is 50.5 Å². The number of hydrogen-bond acceptors (Lipinski definition) is 2. The Hall–Kier alpha value is -0.860. The quantitative estimate of drug-likeness (QED) is 0.838. The number of aliphatic hydroxyl groups excluding tert-OH is 1. The molecule has 1 aliphatic rings. The molecular weight excluding hydrogens is 222 g/mol. The highest BCUT2D eigenvalue weighted by Crippen LogP contribution is 2.28. The second kappa shape index (κ2) is 6.35. The highest BCUT2D eigenvalue weighted by atomic mass is 16.3. The van der Waals surface area contributed by atoms with E-state index in [0.717, 1.165) is 25.8 Å². The Morgan fingerprint density at radius 2 is 1.67 bits per heavy atom. The third-order valence-electron chi connectivity index (χ3n) is 4.21. The van der Waals surface area contributed by atoms with Crippen LogP contribution in [0.1, 0.15) is 50.2 Å². The van der Waals surface area contributed by atoms with Crippen LogP contribution < -0.4 is 5.32 Å². The van der Waals surface area contributed by atoms with Gasteiger partial charge in [-0.3, -0.25) is 0 Å². The van der Waals surface area contributed by atoms with Crippen LogP contribution in [0.4, 0.5) is 0 Å². The lowest BCUT2D eigenvalue weighted by Crippen LogP contribution is -2.49. The van der Waals surface area contributed by atoms with Gasteiger partial charge in [0.05, 0.1) is 6.61 Å². The van der Waals surface area contributed by atoms with Gasteiger partial charge in [-0.15, -0.1) is 0 Å². The van der Waals surface area contributed by atoms with Gasteiger partial charge >= 0.3 is 0 Å². The molecule has 1 aromatic rings. The lowest BCUT2D eigenvalue weighted by molar-refractivity contribution is 0.119. The van der Waals surface area contributed by atoms with Crippen molar-refractivity contribution in [2.75, 3.05) is 6.61 Å². The van der Waals surface area contributed by atoms with Gasteiger partial charge in [-0.25, -0.2) is 0 Å². The molecule has 0 unspecified atom stereocenters. The summed E-state index contributed by atoms with van der Waals surface area (Å²) in [7, 11) is 0. The first kappa shape index (κ1) is 13.6. The molecule has 2 heteroatoms. The predicted octanol–water partition coefficient (Wildman–Crippen LogP) is 3.03. The summed E-state index contributed by atoms with van der Waals surface area (Å²) in [6.45, 7) is 3.31. The molecule has 0 saturated heterocycles. The number of nitrogens with one attached hydrogen (secondary N) is 1. The van der Waals surface area contributed by atoms with Crippen molar-refractivity contribution in [1.29, 1.82) is 0 Å². The Morgan fingerprint density at radius 1 is 1.06 bits per heavy atom. The highest BCUT2D eigenvalue weighted by molar-refractivity contribution is 5.22. The van der Waals surface area contributed by atoms with E-state index in [9.17, 15) is 5.11 Å². The zero-order valence-corrected chi connectivity index (χ0v) is 11.4. The van der Waals surface area contributed by atoms with E-state index < -0.39 is 0 Å². The molecule has 0 heterocycles. The fraction of sp³-hybridized carbons (Fsp3) is 0.625. The van der Waals surface area contributed by atoms with Crippen molar-refractivity contribution < 1.29 is 5.11 Å². The Morgan fingerprint density at radius 3 is 2.22 bits per heavy atom. The molecule has 0 aliphatic heterocycles. The molecule has 0 aromatic heterocycles. The molecule has 2 nitrogen and oxygen atoms in total. The lowest BCUT2D eigenvalue weighted by atomic mass is 9.82. The maximum atomic E-state index is 9.64. The first-order chi connectivity index (χ1) is 8.78. The molecule has 2 N–H and O–H groups in total. The standard InChI is InChI=1S/C16H25NO/c1-2-14-6-8-15(9-7-14)12-17-16(13-18)10-4-3-5-11-16/h6-9,17-18H,2-5,10-13H2,1H3. The van der Waals surface area contributed by atoms with Crippen molar-refractivity contribution in [3.8, 4) is 0 Å². The predicted molar refractivity (Wildman–Crippen MR) is 75.6 cm³/mol. The van der Waals surface area contributed by atoms with Crippen molar-refractivity contribution in [2.45, 2.75) is 57.5 Å². The number of aryl methyl sites for hydroxylation is 1. The summed E-state index contributed by atoms with van der Waals surface area (Å²) in [6, 6.07) is 8.78. The summed E-state index contributed by atoms with van der Waals surface area (Å²) in [6.07, 6.45) is 7.10. The zero-order chi connectivity index (χ0) is 12.8. The molecule has 1 fully saturated rings. The molecule has 0 amide bonds. The van der Waals surface area contributed by atoms with E-state index in [2.05, 4.69) is 36.5 Å². The van der Waals surface area contributed by atoms with Crippen molar-refractivity contribution in [1.82, 2.24) is 5.32 Å². The summed E-state index contributed by atoms with van der Waals surface area (Å²) in [4.78, 5) is 0. The number of hydrogen-bond donors (Lipinski definition) is 2. The van der Waals surface area contributed by atoms with Crippen LogP contribution in [0, 0.1) is 0 Å². The molecule has 0 spiro atoms. The maximum absolute atomic E-state index is 9.64. The molecule has 0 atom stereocenters. The maximum Gasteiger partial charge on any atom is 0.0613 e. The smallest absolute Gasteiger partial charge is 0.0613 e. The van der Waals surface area contributed by atoms with E-state index in [-0.39, 0.29) is 12.1 Å². The number of benzene rings is 1. The largest absolute Gasteiger partial charge is 0.394 e. The minimum absolute atomic E-state index is 0.0261. The van der Waals surface area contributed by atoms with Crippen LogP contribution in [-0.2, 0) is 13.0 Å². The molecule has 18 heavy (non-hydrogen) atoms. The fourth-order valence-electron chi connectivity index (χ4n) is 2.80. The normalized spacial score (nSPS) is 18.8. The second-order valence-electron chi connectivity index (χ2n) is 5.52. The van der Waals surface area contributed by atoms with Crippen LogP contribution in [-0.4, -0.2) is 17.3 Å². The number of aliphatic hydroxyl groups is 1. The molecular formula is C16H25NO. The van der Waals surface area contributed by atoms with Gasteiger partial charge in [0.1, 0.15) is 0 Å². The summed E-state index contributed by atoms with van der Waals surface area (Å²) < 4.78 is 0. The van der Waals surface area contributed by atoms with Gasteiger partial charge in [0.25, 0.3) is 0 Å². The summed E-state index contributed by atoms with van der Waals surface area (Å²) >= 11 is 0. The molecule has 0 radical (unpaired) electrons. The van der Waals surface area contributed by atoms with Crippen molar-refractivity contribution >= 4 is 0 Å². The number of rotatable bonds is 5. The van der Waals surface area contributed by atoms with E-state index >= 15 is 0 Å². The molecule has 0 bridgehead atoms. The second-order valence-corrected chi connectivity index (χ2v) is 5.52. The van der Waals surface area contributed by atoms with Crippen LogP contribution in [0.15, 0.2) is 24.3 Å². The first-order valence-electron chi connectivity index (χ1n) is 7.22. The lowest BCUT2D eigenvalue weighted by Gasteiger charge is -2.36. The summed E-state index contributed by atoms with van der Waals surface area (Å²) in [5, 5.41) is 13.2. The van der Waals surface area contributed by atoms with Crippen molar-refractivity contribution in [3.05, 3.63) is 35.4 Å². The van der Waals surface area contributed by atoms with Gasteiger partial charge in [-0.2, -0.15) is 0 Å². The van der Waals surface area contributed by atoms with Crippen LogP contribution in [0.2, 0.25) is 0 Å². The molecule has 100 valence electrons. The SMILES string of the molecule is CCc1ccc(CNC2(CO)CCCCC2)cc1. The van der Waals surface area contributed by atoms with E-state index in [1.165, 1.54) is 30.4 Å². The highest BCUT2D eigenvalue weighted by Gasteiger charge is 2.30. The first-order valence-corrected chi connectivity index (χ1v) is 7.22. The Bertz CT molecular complexity index is 352. The fourth-order valence-corrected chi connectivity index (χ4v) is 2.80. The summed E-state index contributed by atoms with van der Waals surface area (Å²) in [5.74, 6) is 0. The Labute approximate surface area is 110 Å². The third-order valence-corrected chi connectivity index (χ3v) is 4.21. The minimum Gasteiger partial charge on any atom is -0.394 e. The Kier molecular flexibility index (Phi) is 4.79. The molecule has 2 rings (SSSR count). The van der Waals surface area contributed by atoms with Crippen LogP contribution >= 0.6 is 0 Å². The third kappa shape index (κ3) is 3.33. The van der Waals surface area contributed by atoms with E-state index in [0.29, 0.717) is 0 Å². The van der Waals surface area contributed by atoms with Gasteiger partial charge < -0.3 is 10.4 Å². The Balaban J connectivity index is 1.92. The molecule has 1 saturated carbocycles. The molecule has 1 aromatic carbocycles. The average Bonchev–Trinajstić information content (AvgIpc) is 2.47. The van der Waals surface area contributed by atoms with Gasteiger partial charge in [0.15, 0.2) is 0 Å². The van der Waals surface area contributed by atoms with E-state index in [1.54, 1.807) is 0 Å². The summed E-state index contributed by atoms with van der Waals surface area (Å²) in [5.41, 5.74) is 2.67. The van der Waals surface area contributed by atoms with Crippen LogP contribution in [0.3, 0.4) is 0 Å². The van der Waals surface area contributed by atoms with Crippen LogP contribution in [0.5, 0.6) is 0 Å². The minimum atomic E-state index is -0.0261. The molecule has 1 aliphatic carbocycles. The monoisotopic (exact) mass is 247 g/mol. The van der Waals surface area contributed by atoms with E-state index in [1.807, 2.05) is 0 Å².